The summed E-state index contributed by atoms with van der Waals surface area (Å²) < 4.78 is 4.63. The summed E-state index contributed by atoms with van der Waals surface area (Å²) in [5.74, 6) is -0.444. The maximum Gasteiger partial charge on any atom is 0.357 e. The van der Waals surface area contributed by atoms with Gasteiger partial charge in [0.25, 0.3) is 0 Å². The molecule has 1 N–H and O–H groups in total. The van der Waals surface area contributed by atoms with Gasteiger partial charge in [-0.1, -0.05) is 0 Å². The molecule has 14 heavy (non-hydrogen) atoms. The third-order valence-corrected chi connectivity index (χ3v) is 2.05. The van der Waals surface area contributed by atoms with Crippen molar-refractivity contribution in [3.63, 3.8) is 0 Å². The molecule has 0 unspecified atom stereocenters. The summed E-state index contributed by atoms with van der Waals surface area (Å²) in [6, 6.07) is 0. The zero-order chi connectivity index (χ0) is 10.1. The van der Waals surface area contributed by atoms with Crippen molar-refractivity contribution in [1.29, 1.82) is 0 Å². The highest BCUT2D eigenvalue weighted by Gasteiger charge is 2.15. The lowest BCUT2D eigenvalue weighted by molar-refractivity contribution is 0.0596. The summed E-state index contributed by atoms with van der Waals surface area (Å²) in [5, 5.41) is 0.722. The van der Waals surface area contributed by atoms with Gasteiger partial charge < -0.3 is 9.72 Å². The zero-order valence-electron chi connectivity index (χ0n) is 7.87. The van der Waals surface area contributed by atoms with Crippen molar-refractivity contribution in [2.45, 2.75) is 6.92 Å². The number of esters is 1. The summed E-state index contributed by atoms with van der Waals surface area (Å²) in [7, 11) is 1.33. The molecule has 0 aliphatic carbocycles. The van der Waals surface area contributed by atoms with Crippen LogP contribution in [0.3, 0.4) is 0 Å². The van der Waals surface area contributed by atoms with Gasteiger partial charge in [0, 0.05) is 6.20 Å². The number of carbonyl (C=O) groups excluding carboxylic acids is 1. The molecule has 0 fully saturated rings. The number of nitrogens with one attached hydrogen (secondary N) is 1. The maximum absolute atomic E-state index is 11.4. The molecule has 5 nitrogen and oxygen atoms in total. The van der Waals surface area contributed by atoms with E-state index in [1.165, 1.54) is 13.4 Å². The van der Waals surface area contributed by atoms with E-state index in [0.29, 0.717) is 11.3 Å². The van der Waals surface area contributed by atoms with Gasteiger partial charge in [-0.05, 0) is 12.5 Å². The maximum atomic E-state index is 11.4. The molecule has 0 bridgehead atoms. The van der Waals surface area contributed by atoms with E-state index in [1.54, 1.807) is 6.20 Å². The Hall–Kier alpha value is -1.91. The molecule has 0 amide bonds. The molecule has 2 aromatic heterocycles. The van der Waals surface area contributed by atoms with Crippen molar-refractivity contribution in [2.24, 2.45) is 0 Å². The van der Waals surface area contributed by atoms with Crippen molar-refractivity contribution >= 4 is 17.0 Å². The van der Waals surface area contributed by atoms with Crippen LogP contribution in [0.25, 0.3) is 11.0 Å². The first-order valence-corrected chi connectivity index (χ1v) is 4.11. The Bertz CT molecular complexity index is 490. The van der Waals surface area contributed by atoms with Crippen molar-refractivity contribution in [1.82, 2.24) is 15.0 Å². The number of methoxy groups -OCH3 is 1. The Labute approximate surface area is 80.1 Å². The third-order valence-electron chi connectivity index (χ3n) is 2.05. The molecule has 0 atom stereocenters. The molecule has 2 rings (SSSR count). The van der Waals surface area contributed by atoms with Crippen molar-refractivity contribution in [3.05, 3.63) is 23.8 Å². The minimum Gasteiger partial charge on any atom is -0.464 e. The van der Waals surface area contributed by atoms with Crippen LogP contribution in [0, 0.1) is 6.92 Å². The standard InChI is InChI=1S/C9H9N3O2/c1-5-3-10-8-6(5)7(9(13)14-2)11-4-12-8/h3-4H,1-2H3,(H,10,11,12). The van der Waals surface area contributed by atoms with E-state index >= 15 is 0 Å². The van der Waals surface area contributed by atoms with E-state index in [1.807, 2.05) is 6.92 Å². The topological polar surface area (TPSA) is 67.9 Å². The molecule has 0 radical (unpaired) electrons. The quantitative estimate of drug-likeness (QED) is 0.684. The molecule has 0 aliphatic heterocycles. The molecule has 0 aliphatic rings. The number of fused-ring (bicyclic) bond motifs is 1. The second-order valence-electron chi connectivity index (χ2n) is 2.91. The summed E-state index contributed by atoms with van der Waals surface area (Å²) in [5.41, 5.74) is 1.88. The molecule has 2 heterocycles. The number of aromatic nitrogens is 3. The highest BCUT2D eigenvalue weighted by atomic mass is 16.5. The number of H-pyrrole nitrogens is 1. The van der Waals surface area contributed by atoms with E-state index < -0.39 is 5.97 Å². The van der Waals surface area contributed by atoms with Crippen LogP contribution in [0.2, 0.25) is 0 Å². The van der Waals surface area contributed by atoms with Crippen molar-refractivity contribution in [2.75, 3.05) is 7.11 Å². The van der Waals surface area contributed by atoms with Crippen LogP contribution in [0.15, 0.2) is 12.5 Å². The fourth-order valence-electron chi connectivity index (χ4n) is 1.37. The number of aryl methyl sites for hydroxylation is 1. The largest absolute Gasteiger partial charge is 0.464 e. The summed E-state index contributed by atoms with van der Waals surface area (Å²) in [4.78, 5) is 22.2. The highest BCUT2D eigenvalue weighted by molar-refractivity contribution is 6.01. The highest BCUT2D eigenvalue weighted by Crippen LogP contribution is 2.18. The first-order chi connectivity index (χ1) is 6.74. The number of aromatic amines is 1. The first-order valence-electron chi connectivity index (χ1n) is 4.11. The Morgan fingerprint density at radius 3 is 3.00 bits per heavy atom. The van der Waals surface area contributed by atoms with E-state index in [9.17, 15) is 4.79 Å². The molecule has 0 saturated carbocycles. The van der Waals surface area contributed by atoms with Crippen LogP contribution in [-0.4, -0.2) is 28.0 Å². The van der Waals surface area contributed by atoms with Gasteiger partial charge in [0.1, 0.15) is 12.0 Å². The van der Waals surface area contributed by atoms with Crippen LogP contribution >= 0.6 is 0 Å². The molecule has 0 aromatic carbocycles. The Kier molecular flexibility index (Phi) is 1.92. The number of ether oxygens (including phenoxy) is 1. The monoisotopic (exact) mass is 191 g/mol. The number of carbonyl (C=O) groups is 1. The molecular weight excluding hydrogens is 182 g/mol. The number of nitrogens with zero attached hydrogens (tertiary/aromatic N) is 2. The Balaban J connectivity index is 2.75. The first kappa shape index (κ1) is 8.68. The second kappa shape index (κ2) is 3.10. The molecular formula is C9H9N3O2. The van der Waals surface area contributed by atoms with Crippen LogP contribution in [0.5, 0.6) is 0 Å². The predicted octanol–water partition coefficient (Wildman–Crippen LogP) is 1.05. The van der Waals surface area contributed by atoms with Gasteiger partial charge in [0.2, 0.25) is 0 Å². The SMILES string of the molecule is COC(=O)c1ncnc2[nH]cc(C)c12. The smallest absolute Gasteiger partial charge is 0.357 e. The van der Waals surface area contributed by atoms with Crippen molar-refractivity contribution < 1.29 is 9.53 Å². The van der Waals surface area contributed by atoms with E-state index in [0.717, 1.165) is 10.9 Å². The Morgan fingerprint density at radius 1 is 1.50 bits per heavy atom. The van der Waals surface area contributed by atoms with Crippen LogP contribution in [-0.2, 0) is 4.74 Å². The van der Waals surface area contributed by atoms with Gasteiger partial charge in [-0.3, -0.25) is 0 Å². The van der Waals surface area contributed by atoms with Gasteiger partial charge in [0.15, 0.2) is 5.69 Å². The van der Waals surface area contributed by atoms with Gasteiger partial charge in [-0.25, -0.2) is 14.8 Å². The zero-order valence-corrected chi connectivity index (χ0v) is 7.87. The molecule has 0 spiro atoms. The minimum atomic E-state index is -0.444. The molecule has 72 valence electrons. The summed E-state index contributed by atoms with van der Waals surface area (Å²) >= 11 is 0. The number of hydrogen-bond acceptors (Lipinski definition) is 4. The van der Waals surface area contributed by atoms with Gasteiger partial charge in [0.05, 0.1) is 12.5 Å². The molecule has 2 aromatic rings. The minimum absolute atomic E-state index is 0.302. The average molecular weight is 191 g/mol. The van der Waals surface area contributed by atoms with E-state index in [4.69, 9.17) is 0 Å². The Morgan fingerprint density at radius 2 is 2.29 bits per heavy atom. The lowest BCUT2D eigenvalue weighted by atomic mass is 10.2. The number of hydrogen-bond donors (Lipinski definition) is 1. The van der Waals surface area contributed by atoms with Crippen LogP contribution < -0.4 is 0 Å². The van der Waals surface area contributed by atoms with E-state index in [-0.39, 0.29) is 0 Å². The normalized spacial score (nSPS) is 10.4. The molecule has 5 heteroatoms. The van der Waals surface area contributed by atoms with Crippen LogP contribution in [0.4, 0.5) is 0 Å². The average Bonchev–Trinajstić information content (AvgIpc) is 2.59. The lowest BCUT2D eigenvalue weighted by Crippen LogP contribution is -2.05. The third kappa shape index (κ3) is 1.14. The van der Waals surface area contributed by atoms with Crippen molar-refractivity contribution in [3.8, 4) is 0 Å². The van der Waals surface area contributed by atoms with E-state index in [2.05, 4.69) is 19.7 Å². The lowest BCUT2D eigenvalue weighted by Gasteiger charge is -1.99. The van der Waals surface area contributed by atoms with Crippen LogP contribution in [0.1, 0.15) is 16.1 Å². The van der Waals surface area contributed by atoms with Gasteiger partial charge in [-0.2, -0.15) is 0 Å². The second-order valence-corrected chi connectivity index (χ2v) is 2.91. The number of rotatable bonds is 1. The van der Waals surface area contributed by atoms with Gasteiger partial charge in [-0.15, -0.1) is 0 Å². The predicted molar refractivity (Wildman–Crippen MR) is 50.0 cm³/mol. The summed E-state index contributed by atoms with van der Waals surface area (Å²) in [6.07, 6.45) is 3.12. The van der Waals surface area contributed by atoms with Gasteiger partial charge >= 0.3 is 5.97 Å². The molecule has 0 saturated heterocycles. The fourth-order valence-corrected chi connectivity index (χ4v) is 1.37. The summed E-state index contributed by atoms with van der Waals surface area (Å²) in [6.45, 7) is 1.88. The fraction of sp³-hybridized carbons (Fsp3) is 0.222.